The number of pyridine rings is 1. The summed E-state index contributed by atoms with van der Waals surface area (Å²) >= 11 is 0. The molecule has 0 saturated heterocycles. The van der Waals surface area contributed by atoms with E-state index in [0.717, 1.165) is 22.9 Å². The van der Waals surface area contributed by atoms with Gasteiger partial charge in [-0.05, 0) is 31.0 Å². The van der Waals surface area contributed by atoms with E-state index in [9.17, 15) is 4.79 Å². The van der Waals surface area contributed by atoms with Crippen molar-refractivity contribution in [2.75, 3.05) is 11.9 Å². The van der Waals surface area contributed by atoms with Crippen LogP contribution in [0.1, 0.15) is 11.1 Å². The number of carbonyl (C=O) groups excluding carboxylic acids is 1. The van der Waals surface area contributed by atoms with Gasteiger partial charge in [0.15, 0.2) is 0 Å². The number of nitrogens with zero attached hydrogens (tertiary/aromatic N) is 1. The van der Waals surface area contributed by atoms with Gasteiger partial charge in [0.2, 0.25) is 0 Å². The van der Waals surface area contributed by atoms with Crippen LogP contribution in [-0.4, -0.2) is 17.6 Å². The molecule has 116 valence electrons. The molecule has 0 atom stereocenters. The molecule has 0 unspecified atom stereocenters. The number of fused-ring (bicyclic) bond motifs is 1. The molecule has 0 radical (unpaired) electrons. The van der Waals surface area contributed by atoms with E-state index < -0.39 is 0 Å². The first-order valence-electron chi connectivity index (χ1n) is 7.65. The van der Waals surface area contributed by atoms with Gasteiger partial charge in [-0.1, -0.05) is 42.0 Å². The van der Waals surface area contributed by atoms with Crippen LogP contribution < -0.4 is 10.6 Å². The minimum absolute atomic E-state index is 0.193. The molecule has 4 heteroatoms. The average Bonchev–Trinajstić information content (AvgIpc) is 2.55. The number of rotatable bonds is 4. The summed E-state index contributed by atoms with van der Waals surface area (Å²) in [6.07, 6.45) is 4.33. The first-order valence-corrected chi connectivity index (χ1v) is 7.65. The Kier molecular flexibility index (Phi) is 4.52. The van der Waals surface area contributed by atoms with E-state index >= 15 is 0 Å². The van der Waals surface area contributed by atoms with Crippen LogP contribution in [0.25, 0.3) is 10.8 Å². The molecule has 2 amide bonds. The van der Waals surface area contributed by atoms with Crippen molar-refractivity contribution < 1.29 is 4.79 Å². The van der Waals surface area contributed by atoms with Crippen molar-refractivity contribution in [2.24, 2.45) is 0 Å². The van der Waals surface area contributed by atoms with Crippen molar-refractivity contribution in [3.05, 3.63) is 72.1 Å². The summed E-state index contributed by atoms with van der Waals surface area (Å²) in [7, 11) is 0. The number of carbonyl (C=O) groups is 1. The van der Waals surface area contributed by atoms with Gasteiger partial charge in [0.1, 0.15) is 0 Å². The quantitative estimate of drug-likeness (QED) is 0.768. The van der Waals surface area contributed by atoms with Crippen LogP contribution in [0.4, 0.5) is 10.5 Å². The Bertz CT molecular complexity index is 824. The van der Waals surface area contributed by atoms with Crippen LogP contribution in [0.2, 0.25) is 0 Å². The summed E-state index contributed by atoms with van der Waals surface area (Å²) in [5.74, 6) is 0. The maximum Gasteiger partial charge on any atom is 0.319 e. The fourth-order valence-corrected chi connectivity index (χ4v) is 2.59. The highest BCUT2D eigenvalue weighted by Gasteiger charge is 2.05. The molecular formula is C19H19N3O. The van der Waals surface area contributed by atoms with E-state index in [0.29, 0.717) is 6.54 Å². The number of urea groups is 1. The highest BCUT2D eigenvalue weighted by Crippen LogP contribution is 2.21. The highest BCUT2D eigenvalue weighted by atomic mass is 16.2. The number of aromatic nitrogens is 1. The predicted molar refractivity (Wildman–Crippen MR) is 93.6 cm³/mol. The standard InChI is InChI=1S/C19H19N3O/c1-14-4-2-5-15(12-14)8-11-21-19(23)22-18-7-3-6-16-13-20-10-9-17(16)18/h2-7,9-10,12-13H,8,11H2,1H3,(H2,21,22,23). The SMILES string of the molecule is Cc1cccc(CCNC(=O)Nc2cccc3cnccc23)c1. The third-order valence-corrected chi connectivity index (χ3v) is 3.71. The molecule has 0 bridgehead atoms. The number of anilines is 1. The Hall–Kier alpha value is -2.88. The molecule has 0 aliphatic carbocycles. The fourth-order valence-electron chi connectivity index (χ4n) is 2.59. The second-order valence-corrected chi connectivity index (χ2v) is 5.52. The van der Waals surface area contributed by atoms with Crippen LogP contribution >= 0.6 is 0 Å². The zero-order chi connectivity index (χ0) is 16.1. The number of aryl methyl sites for hydroxylation is 1. The molecule has 1 heterocycles. The molecule has 0 spiro atoms. The van der Waals surface area contributed by atoms with Crippen LogP contribution in [0.3, 0.4) is 0 Å². The minimum Gasteiger partial charge on any atom is -0.338 e. The lowest BCUT2D eigenvalue weighted by atomic mass is 10.1. The molecule has 2 aromatic carbocycles. The number of benzene rings is 2. The summed E-state index contributed by atoms with van der Waals surface area (Å²) in [6.45, 7) is 2.67. The molecular weight excluding hydrogens is 286 g/mol. The van der Waals surface area contributed by atoms with Crippen molar-refractivity contribution in [3.8, 4) is 0 Å². The number of hydrogen-bond donors (Lipinski definition) is 2. The zero-order valence-corrected chi connectivity index (χ0v) is 13.0. The maximum absolute atomic E-state index is 12.1. The Balaban J connectivity index is 1.59. The largest absolute Gasteiger partial charge is 0.338 e. The lowest BCUT2D eigenvalue weighted by Gasteiger charge is -2.10. The van der Waals surface area contributed by atoms with Gasteiger partial charge in [0, 0.05) is 29.7 Å². The maximum atomic E-state index is 12.1. The number of amides is 2. The van der Waals surface area contributed by atoms with Gasteiger partial charge >= 0.3 is 6.03 Å². The van der Waals surface area contributed by atoms with E-state index in [-0.39, 0.29) is 6.03 Å². The second kappa shape index (κ2) is 6.92. The highest BCUT2D eigenvalue weighted by molar-refractivity contribution is 6.01. The van der Waals surface area contributed by atoms with Crippen molar-refractivity contribution in [1.82, 2.24) is 10.3 Å². The first-order chi connectivity index (χ1) is 11.2. The van der Waals surface area contributed by atoms with E-state index in [2.05, 4.69) is 40.7 Å². The van der Waals surface area contributed by atoms with Gasteiger partial charge in [-0.3, -0.25) is 4.98 Å². The molecule has 3 rings (SSSR count). The lowest BCUT2D eigenvalue weighted by Crippen LogP contribution is -2.30. The number of hydrogen-bond acceptors (Lipinski definition) is 2. The molecule has 23 heavy (non-hydrogen) atoms. The van der Waals surface area contributed by atoms with Crippen LogP contribution in [-0.2, 0) is 6.42 Å². The Morgan fingerprint density at radius 3 is 2.87 bits per heavy atom. The van der Waals surface area contributed by atoms with E-state index in [1.807, 2.05) is 30.3 Å². The smallest absolute Gasteiger partial charge is 0.319 e. The van der Waals surface area contributed by atoms with Gasteiger partial charge in [0.05, 0.1) is 5.69 Å². The molecule has 4 nitrogen and oxygen atoms in total. The summed E-state index contributed by atoms with van der Waals surface area (Å²) < 4.78 is 0. The third kappa shape index (κ3) is 3.86. The van der Waals surface area contributed by atoms with E-state index in [1.165, 1.54) is 11.1 Å². The van der Waals surface area contributed by atoms with Crippen LogP contribution in [0, 0.1) is 6.92 Å². The van der Waals surface area contributed by atoms with Crippen LogP contribution in [0.5, 0.6) is 0 Å². The monoisotopic (exact) mass is 305 g/mol. The summed E-state index contributed by atoms with van der Waals surface area (Å²) in [5.41, 5.74) is 3.25. The molecule has 0 aliphatic rings. The van der Waals surface area contributed by atoms with Gasteiger partial charge in [-0.15, -0.1) is 0 Å². The molecule has 2 N–H and O–H groups in total. The summed E-state index contributed by atoms with van der Waals surface area (Å²) in [6, 6.07) is 15.8. The fraction of sp³-hybridized carbons (Fsp3) is 0.158. The van der Waals surface area contributed by atoms with Crippen molar-refractivity contribution >= 4 is 22.5 Å². The second-order valence-electron chi connectivity index (χ2n) is 5.52. The topological polar surface area (TPSA) is 54.0 Å². The lowest BCUT2D eigenvalue weighted by molar-refractivity contribution is 0.252. The first kappa shape index (κ1) is 15.0. The molecule has 3 aromatic rings. The summed E-state index contributed by atoms with van der Waals surface area (Å²) in [5, 5.41) is 7.79. The third-order valence-electron chi connectivity index (χ3n) is 3.71. The average molecular weight is 305 g/mol. The summed E-state index contributed by atoms with van der Waals surface area (Å²) in [4.78, 5) is 16.2. The van der Waals surface area contributed by atoms with Crippen molar-refractivity contribution in [3.63, 3.8) is 0 Å². The van der Waals surface area contributed by atoms with E-state index in [4.69, 9.17) is 0 Å². The van der Waals surface area contributed by atoms with Gasteiger partial charge < -0.3 is 10.6 Å². The van der Waals surface area contributed by atoms with Crippen molar-refractivity contribution in [2.45, 2.75) is 13.3 Å². The predicted octanol–water partition coefficient (Wildman–Crippen LogP) is 3.91. The zero-order valence-electron chi connectivity index (χ0n) is 13.0. The van der Waals surface area contributed by atoms with Crippen molar-refractivity contribution in [1.29, 1.82) is 0 Å². The Morgan fingerprint density at radius 2 is 2.00 bits per heavy atom. The van der Waals surface area contributed by atoms with Gasteiger partial charge in [0.25, 0.3) is 0 Å². The van der Waals surface area contributed by atoms with E-state index in [1.54, 1.807) is 12.4 Å². The molecule has 0 aliphatic heterocycles. The Morgan fingerprint density at radius 1 is 1.13 bits per heavy atom. The Labute approximate surface area is 135 Å². The molecule has 0 saturated carbocycles. The molecule has 0 fully saturated rings. The van der Waals surface area contributed by atoms with Gasteiger partial charge in [-0.2, -0.15) is 0 Å². The van der Waals surface area contributed by atoms with Crippen LogP contribution in [0.15, 0.2) is 60.9 Å². The number of nitrogens with one attached hydrogen (secondary N) is 2. The normalized spacial score (nSPS) is 10.5. The minimum atomic E-state index is -0.193. The molecule has 1 aromatic heterocycles. The van der Waals surface area contributed by atoms with Gasteiger partial charge in [-0.25, -0.2) is 4.79 Å².